The summed E-state index contributed by atoms with van der Waals surface area (Å²) in [5, 5.41) is 16.6. The number of imidazole rings is 1. The number of halogens is 2. The number of hydrogen-bond acceptors (Lipinski definition) is 8. The summed E-state index contributed by atoms with van der Waals surface area (Å²) < 4.78 is 21.7. The lowest BCUT2D eigenvalue weighted by Crippen LogP contribution is -2.32. The number of rotatable bonds is 6. The van der Waals surface area contributed by atoms with Crippen molar-refractivity contribution in [2.24, 2.45) is 11.7 Å². The van der Waals surface area contributed by atoms with Crippen molar-refractivity contribution in [1.29, 1.82) is 0 Å². The van der Waals surface area contributed by atoms with Crippen LogP contribution in [0.3, 0.4) is 0 Å². The van der Waals surface area contributed by atoms with Gasteiger partial charge in [-0.15, -0.1) is 0 Å². The highest BCUT2D eigenvalue weighted by molar-refractivity contribution is 6.30. The van der Waals surface area contributed by atoms with Crippen molar-refractivity contribution < 1.29 is 19.0 Å². The molecule has 10 nitrogen and oxygen atoms in total. The van der Waals surface area contributed by atoms with E-state index in [1.165, 1.54) is 18.2 Å². The molecule has 2 fully saturated rings. The zero-order valence-electron chi connectivity index (χ0n) is 18.2. The second kappa shape index (κ2) is 9.32. The molecule has 5 rings (SSSR count). The van der Waals surface area contributed by atoms with Gasteiger partial charge in [-0.3, -0.25) is 9.36 Å². The summed E-state index contributed by atoms with van der Waals surface area (Å²) in [5.74, 6) is -0.198. The number of aliphatic hydroxyl groups excluding tert-OH is 1. The van der Waals surface area contributed by atoms with Gasteiger partial charge in [0, 0.05) is 17.0 Å². The maximum Gasteiger partial charge on any atom is 0.225 e. The molecule has 2 aliphatic rings. The zero-order valence-corrected chi connectivity index (χ0v) is 19.0. The fraction of sp³-hybridized carbons (Fsp3) is 0.455. The van der Waals surface area contributed by atoms with Crippen LogP contribution in [0, 0.1) is 11.7 Å². The van der Waals surface area contributed by atoms with Crippen molar-refractivity contribution >= 4 is 46.3 Å². The predicted octanol–water partition coefficient (Wildman–Crippen LogP) is 2.75. The molecule has 1 saturated carbocycles. The van der Waals surface area contributed by atoms with Crippen LogP contribution in [0.15, 0.2) is 24.4 Å². The van der Waals surface area contributed by atoms with Crippen LogP contribution < -0.4 is 16.4 Å². The van der Waals surface area contributed by atoms with E-state index in [1.54, 1.807) is 6.20 Å². The number of carbonyl (C=O) groups excluding carboxylic acids is 1. The number of fused-ring (bicyclic) bond motifs is 1. The highest BCUT2D eigenvalue weighted by Gasteiger charge is 2.30. The molecule has 3 aromatic rings. The van der Waals surface area contributed by atoms with E-state index < -0.39 is 11.9 Å². The smallest absolute Gasteiger partial charge is 0.225 e. The summed E-state index contributed by atoms with van der Waals surface area (Å²) in [6, 6.07) is 3.89. The lowest BCUT2D eigenvalue weighted by atomic mass is 9.85. The van der Waals surface area contributed by atoms with E-state index in [2.05, 4.69) is 25.6 Å². The molecule has 0 radical (unpaired) electrons. The van der Waals surface area contributed by atoms with E-state index in [0.29, 0.717) is 60.4 Å². The number of amides is 1. The quantitative estimate of drug-likeness (QED) is 0.414. The molecule has 1 aromatic carbocycles. The van der Waals surface area contributed by atoms with E-state index in [4.69, 9.17) is 22.1 Å². The molecule has 1 aliphatic carbocycles. The zero-order chi connectivity index (χ0) is 23.8. The molecule has 34 heavy (non-hydrogen) atoms. The number of carbonyl (C=O) groups is 1. The fourth-order valence-electron chi connectivity index (χ4n) is 4.57. The van der Waals surface area contributed by atoms with Crippen molar-refractivity contribution in [2.45, 2.75) is 43.9 Å². The Labute approximate surface area is 199 Å². The van der Waals surface area contributed by atoms with Gasteiger partial charge in [0.25, 0.3) is 0 Å². The van der Waals surface area contributed by atoms with E-state index in [9.17, 15) is 14.3 Å². The van der Waals surface area contributed by atoms with Gasteiger partial charge < -0.3 is 26.2 Å². The predicted molar refractivity (Wildman–Crippen MR) is 124 cm³/mol. The number of nitrogens with two attached hydrogens (primary N) is 1. The fourth-order valence-corrected chi connectivity index (χ4v) is 4.75. The van der Waals surface area contributed by atoms with Gasteiger partial charge in [0.1, 0.15) is 11.3 Å². The topological polar surface area (TPSA) is 140 Å². The molecule has 0 unspecified atom stereocenters. The molecular formula is C22H25ClFN7O3. The van der Waals surface area contributed by atoms with Gasteiger partial charge >= 0.3 is 0 Å². The van der Waals surface area contributed by atoms with Crippen LogP contribution in [0.5, 0.6) is 0 Å². The molecule has 0 bridgehead atoms. The molecule has 1 saturated heterocycles. The molecule has 1 aliphatic heterocycles. The molecule has 180 valence electrons. The first-order chi connectivity index (χ1) is 16.4. The van der Waals surface area contributed by atoms with Gasteiger partial charge in [-0.25, -0.2) is 14.4 Å². The lowest BCUT2D eigenvalue weighted by molar-refractivity contribution is -0.122. The Morgan fingerprint density at radius 3 is 2.74 bits per heavy atom. The van der Waals surface area contributed by atoms with E-state index in [-0.39, 0.29) is 36.2 Å². The van der Waals surface area contributed by atoms with Gasteiger partial charge in [-0.1, -0.05) is 11.6 Å². The van der Waals surface area contributed by atoms with Crippen molar-refractivity contribution in [3.8, 4) is 0 Å². The minimum atomic E-state index is -0.656. The van der Waals surface area contributed by atoms with Crippen LogP contribution in [-0.4, -0.2) is 55.9 Å². The molecule has 1 amide bonds. The van der Waals surface area contributed by atoms with Crippen LogP contribution in [0.2, 0.25) is 5.02 Å². The SMILES string of the molecule is NC(=O)C1CCC(n2c(Nc3cc(Cl)ccc3F)nc3cnc(N[C@H]4COC[C@@H]4O)nc32)CC1. The maximum atomic E-state index is 14.5. The number of hydrogen-bond donors (Lipinski definition) is 4. The summed E-state index contributed by atoms with van der Waals surface area (Å²) in [6.07, 6.45) is 3.59. The Morgan fingerprint density at radius 1 is 1.24 bits per heavy atom. The van der Waals surface area contributed by atoms with Gasteiger partial charge in [0.15, 0.2) is 5.65 Å². The normalized spacial score (nSPS) is 24.9. The third-order valence-corrected chi connectivity index (χ3v) is 6.67. The number of anilines is 3. The van der Waals surface area contributed by atoms with Crippen LogP contribution in [-0.2, 0) is 9.53 Å². The Bertz CT molecular complexity index is 1210. The number of ether oxygens (including phenoxy) is 1. The molecule has 5 N–H and O–H groups in total. The molecule has 3 heterocycles. The summed E-state index contributed by atoms with van der Waals surface area (Å²) in [5.41, 5.74) is 6.77. The Balaban J connectivity index is 1.52. The average molecular weight is 490 g/mol. The lowest BCUT2D eigenvalue weighted by Gasteiger charge is -2.29. The summed E-state index contributed by atoms with van der Waals surface area (Å²) in [6.45, 7) is 0.597. The first-order valence-corrected chi connectivity index (χ1v) is 11.6. The highest BCUT2D eigenvalue weighted by atomic mass is 35.5. The Morgan fingerprint density at radius 2 is 2.03 bits per heavy atom. The summed E-state index contributed by atoms with van der Waals surface area (Å²) in [4.78, 5) is 25.3. The van der Waals surface area contributed by atoms with Gasteiger partial charge in [0.2, 0.25) is 17.8 Å². The largest absolute Gasteiger partial charge is 0.388 e. The van der Waals surface area contributed by atoms with Crippen molar-refractivity contribution in [1.82, 2.24) is 19.5 Å². The Hall–Kier alpha value is -3.02. The average Bonchev–Trinajstić information content (AvgIpc) is 3.38. The second-order valence-corrected chi connectivity index (χ2v) is 9.16. The third-order valence-electron chi connectivity index (χ3n) is 6.44. The molecule has 0 spiro atoms. The summed E-state index contributed by atoms with van der Waals surface area (Å²) >= 11 is 6.07. The molecule has 2 atom stereocenters. The second-order valence-electron chi connectivity index (χ2n) is 8.72. The van der Waals surface area contributed by atoms with Crippen LogP contribution in [0.25, 0.3) is 11.2 Å². The Kier molecular flexibility index (Phi) is 6.24. The van der Waals surface area contributed by atoms with Gasteiger partial charge in [-0.05, 0) is 43.9 Å². The van der Waals surface area contributed by atoms with E-state index in [1.807, 2.05) is 4.57 Å². The van der Waals surface area contributed by atoms with E-state index >= 15 is 0 Å². The number of primary amides is 1. The minimum absolute atomic E-state index is 0.0338. The van der Waals surface area contributed by atoms with Crippen LogP contribution in [0.1, 0.15) is 31.7 Å². The van der Waals surface area contributed by atoms with Crippen LogP contribution >= 0.6 is 11.6 Å². The monoisotopic (exact) mass is 489 g/mol. The summed E-state index contributed by atoms with van der Waals surface area (Å²) in [7, 11) is 0. The van der Waals surface area contributed by atoms with Crippen molar-refractivity contribution in [3.63, 3.8) is 0 Å². The number of nitrogens with zero attached hydrogens (tertiary/aromatic N) is 4. The molecule has 12 heteroatoms. The number of aromatic nitrogens is 4. The first-order valence-electron chi connectivity index (χ1n) is 11.2. The van der Waals surface area contributed by atoms with E-state index in [0.717, 1.165) is 0 Å². The van der Waals surface area contributed by atoms with Crippen molar-refractivity contribution in [3.05, 3.63) is 35.2 Å². The first kappa shape index (κ1) is 22.8. The third kappa shape index (κ3) is 4.50. The number of nitrogens with one attached hydrogen (secondary N) is 2. The van der Waals surface area contributed by atoms with Gasteiger partial charge in [-0.2, -0.15) is 4.98 Å². The molecular weight excluding hydrogens is 465 g/mol. The van der Waals surface area contributed by atoms with Crippen LogP contribution in [0.4, 0.5) is 22.0 Å². The highest BCUT2D eigenvalue weighted by Crippen LogP contribution is 2.37. The number of aliphatic hydroxyl groups is 1. The maximum absolute atomic E-state index is 14.5. The molecule has 2 aromatic heterocycles. The van der Waals surface area contributed by atoms with Crippen molar-refractivity contribution in [2.75, 3.05) is 23.8 Å². The minimum Gasteiger partial charge on any atom is -0.388 e. The standard InChI is InChI=1S/C22H25ClFN7O3/c23-12-3-6-14(24)15(7-12)28-22-29-16-8-26-21(27-17-9-34-10-18(17)32)30-20(16)31(22)13-4-1-11(2-5-13)19(25)33/h3,6-8,11,13,17-18,32H,1-2,4-5,9-10H2,(H2,25,33)(H,28,29)(H,26,27,30)/t11?,13?,17-,18-/m0/s1. The van der Waals surface area contributed by atoms with Gasteiger partial charge in [0.05, 0.1) is 37.2 Å². The number of benzene rings is 1.